The maximum absolute atomic E-state index is 13.8. The molecule has 0 bridgehead atoms. The summed E-state index contributed by atoms with van der Waals surface area (Å²) in [7, 11) is 5.31. The number of ether oxygens (including phenoxy) is 1. The van der Waals surface area contributed by atoms with Gasteiger partial charge in [0.05, 0.1) is 13.2 Å². The second kappa shape index (κ2) is 6.35. The molecule has 0 saturated carbocycles. The fraction of sp³-hybridized carbons (Fsp3) is 0.600. The number of hydrogen-bond acceptors (Lipinski definition) is 3. The largest absolute Gasteiger partial charge is 0.494 e. The Morgan fingerprint density at radius 2 is 1.89 bits per heavy atom. The number of aliphatic hydroxyl groups excluding tert-OH is 1. The van der Waals surface area contributed by atoms with Gasteiger partial charge in [-0.25, -0.2) is 4.39 Å². The van der Waals surface area contributed by atoms with Crippen LogP contribution >= 0.6 is 0 Å². The Morgan fingerprint density at radius 1 is 1.32 bits per heavy atom. The summed E-state index contributed by atoms with van der Waals surface area (Å²) in [6.45, 7) is 4.07. The number of nitrogens with zero attached hydrogens (tertiary/aromatic N) is 1. The average molecular weight is 269 g/mol. The highest BCUT2D eigenvalue weighted by Crippen LogP contribution is 2.36. The molecule has 1 aromatic rings. The normalized spacial score (nSPS) is 13.7. The Kier molecular flexibility index (Phi) is 5.32. The van der Waals surface area contributed by atoms with Crippen molar-refractivity contribution in [2.24, 2.45) is 0 Å². The van der Waals surface area contributed by atoms with Gasteiger partial charge in [0, 0.05) is 5.54 Å². The van der Waals surface area contributed by atoms with E-state index in [2.05, 4.69) is 0 Å². The minimum atomic E-state index is -0.738. The number of methoxy groups -OCH3 is 1. The fourth-order valence-electron chi connectivity index (χ4n) is 2.68. The maximum Gasteiger partial charge on any atom is 0.165 e. The molecule has 0 heterocycles. The van der Waals surface area contributed by atoms with Crippen molar-refractivity contribution in [1.29, 1.82) is 0 Å². The number of hydrogen-bond donors (Lipinski definition) is 1. The van der Waals surface area contributed by atoms with E-state index >= 15 is 0 Å². The second-order valence-electron chi connectivity index (χ2n) is 5.00. The SMILES string of the molecule is CCC(CC)(C(O)c1ccc(OC)c(F)c1)N(C)C. The highest BCUT2D eigenvalue weighted by Gasteiger charge is 2.37. The van der Waals surface area contributed by atoms with Gasteiger partial charge in [0.25, 0.3) is 0 Å². The topological polar surface area (TPSA) is 32.7 Å². The Morgan fingerprint density at radius 3 is 2.26 bits per heavy atom. The lowest BCUT2D eigenvalue weighted by atomic mass is 9.81. The van der Waals surface area contributed by atoms with E-state index in [0.29, 0.717) is 5.56 Å². The van der Waals surface area contributed by atoms with Crippen LogP contribution in [0.25, 0.3) is 0 Å². The van der Waals surface area contributed by atoms with Crippen LogP contribution in [0.15, 0.2) is 18.2 Å². The Hall–Kier alpha value is -1.13. The summed E-state index contributed by atoms with van der Waals surface area (Å²) in [4.78, 5) is 2.01. The molecule has 4 heteroatoms. The van der Waals surface area contributed by atoms with Crippen LogP contribution in [-0.2, 0) is 0 Å². The number of halogens is 1. The van der Waals surface area contributed by atoms with Gasteiger partial charge in [-0.1, -0.05) is 19.9 Å². The van der Waals surface area contributed by atoms with Crippen molar-refractivity contribution in [2.75, 3.05) is 21.2 Å². The molecule has 3 nitrogen and oxygen atoms in total. The number of aliphatic hydroxyl groups is 1. The maximum atomic E-state index is 13.8. The number of likely N-dealkylation sites (N-methyl/N-ethyl adjacent to an activating group) is 1. The zero-order valence-corrected chi connectivity index (χ0v) is 12.4. The highest BCUT2D eigenvalue weighted by molar-refractivity contribution is 5.32. The van der Waals surface area contributed by atoms with E-state index < -0.39 is 11.9 Å². The molecule has 108 valence electrons. The molecule has 0 spiro atoms. The molecule has 0 aliphatic carbocycles. The molecule has 0 saturated heterocycles. The van der Waals surface area contributed by atoms with E-state index in [1.54, 1.807) is 12.1 Å². The van der Waals surface area contributed by atoms with Crippen LogP contribution < -0.4 is 4.74 Å². The van der Waals surface area contributed by atoms with Crippen molar-refractivity contribution in [2.45, 2.75) is 38.3 Å². The summed E-state index contributed by atoms with van der Waals surface area (Å²) in [5.41, 5.74) is 0.191. The summed E-state index contributed by atoms with van der Waals surface area (Å²) in [5, 5.41) is 10.6. The van der Waals surface area contributed by atoms with E-state index in [4.69, 9.17) is 4.74 Å². The molecule has 1 aromatic carbocycles. The summed E-state index contributed by atoms with van der Waals surface area (Å²) in [5.74, 6) is -0.252. The van der Waals surface area contributed by atoms with E-state index in [-0.39, 0.29) is 11.3 Å². The van der Waals surface area contributed by atoms with Crippen molar-refractivity contribution < 1.29 is 14.2 Å². The third kappa shape index (κ3) is 2.90. The molecule has 19 heavy (non-hydrogen) atoms. The number of benzene rings is 1. The lowest BCUT2D eigenvalue weighted by molar-refractivity contribution is -0.0151. The van der Waals surface area contributed by atoms with Crippen molar-refractivity contribution in [3.05, 3.63) is 29.6 Å². The monoisotopic (exact) mass is 269 g/mol. The van der Waals surface area contributed by atoms with Gasteiger partial charge in [0.2, 0.25) is 0 Å². The minimum Gasteiger partial charge on any atom is -0.494 e. The molecule has 0 radical (unpaired) electrons. The summed E-state index contributed by atoms with van der Waals surface area (Å²) >= 11 is 0. The first-order valence-corrected chi connectivity index (χ1v) is 6.61. The standard InChI is InChI=1S/C15H24FNO2/c1-6-15(7-2,17(3)4)14(18)11-8-9-13(19-5)12(16)10-11/h8-10,14,18H,6-7H2,1-5H3. The third-order valence-electron chi connectivity index (χ3n) is 4.12. The molecule has 1 atom stereocenters. The van der Waals surface area contributed by atoms with Crippen LogP contribution in [0.4, 0.5) is 4.39 Å². The van der Waals surface area contributed by atoms with Gasteiger partial charge in [-0.15, -0.1) is 0 Å². The van der Waals surface area contributed by atoms with Crippen molar-refractivity contribution in [3.63, 3.8) is 0 Å². The molecule has 0 fully saturated rings. The Bertz CT molecular complexity index is 417. The van der Waals surface area contributed by atoms with Crippen molar-refractivity contribution in [3.8, 4) is 5.75 Å². The smallest absolute Gasteiger partial charge is 0.165 e. The van der Waals surface area contributed by atoms with Crippen LogP contribution in [-0.4, -0.2) is 36.8 Å². The van der Waals surface area contributed by atoms with Gasteiger partial charge >= 0.3 is 0 Å². The predicted octanol–water partition coefficient (Wildman–Crippen LogP) is 2.99. The number of rotatable bonds is 6. The molecule has 0 aromatic heterocycles. The summed E-state index contributed by atoms with van der Waals surface area (Å²) in [6.07, 6.45) is 0.828. The molecule has 1 unspecified atom stereocenters. The highest BCUT2D eigenvalue weighted by atomic mass is 19.1. The zero-order valence-electron chi connectivity index (χ0n) is 12.4. The third-order valence-corrected chi connectivity index (χ3v) is 4.12. The van der Waals surface area contributed by atoms with E-state index in [1.807, 2.05) is 32.8 Å². The molecule has 1 rings (SSSR count). The summed E-state index contributed by atoms with van der Waals surface area (Å²) in [6, 6.07) is 4.63. The minimum absolute atomic E-state index is 0.194. The fourth-order valence-corrected chi connectivity index (χ4v) is 2.68. The second-order valence-corrected chi connectivity index (χ2v) is 5.00. The van der Waals surface area contributed by atoms with Crippen LogP contribution in [0.3, 0.4) is 0 Å². The van der Waals surface area contributed by atoms with Crippen molar-refractivity contribution >= 4 is 0 Å². The molecular formula is C15H24FNO2. The quantitative estimate of drug-likeness (QED) is 0.861. The predicted molar refractivity (Wildman–Crippen MR) is 74.9 cm³/mol. The molecule has 1 N–H and O–H groups in total. The lowest BCUT2D eigenvalue weighted by Crippen LogP contribution is -2.48. The van der Waals surface area contributed by atoms with Crippen molar-refractivity contribution in [1.82, 2.24) is 4.90 Å². The molecule has 0 aliphatic heterocycles. The van der Waals surface area contributed by atoms with Gasteiger partial charge in [-0.05, 0) is 44.6 Å². The van der Waals surface area contributed by atoms with E-state index in [1.165, 1.54) is 13.2 Å². The van der Waals surface area contributed by atoms with Gasteiger partial charge in [0.1, 0.15) is 0 Å². The van der Waals surface area contributed by atoms with Crippen LogP contribution in [0.2, 0.25) is 0 Å². The first-order chi connectivity index (χ1) is 8.92. The first kappa shape index (κ1) is 15.9. The van der Waals surface area contributed by atoms with E-state index in [0.717, 1.165) is 12.8 Å². The molecule has 0 amide bonds. The van der Waals surface area contributed by atoms with Crippen LogP contribution in [0.5, 0.6) is 5.75 Å². The van der Waals surface area contributed by atoms with E-state index in [9.17, 15) is 9.50 Å². The Labute approximate surface area is 115 Å². The van der Waals surface area contributed by atoms with Crippen LogP contribution in [0, 0.1) is 5.82 Å². The lowest BCUT2D eigenvalue weighted by Gasteiger charge is -2.42. The van der Waals surface area contributed by atoms with Gasteiger partial charge < -0.3 is 14.7 Å². The first-order valence-electron chi connectivity index (χ1n) is 6.61. The Balaban J connectivity index is 3.17. The molecule has 0 aliphatic rings. The summed E-state index contributed by atoms with van der Waals surface area (Å²) < 4.78 is 18.7. The zero-order chi connectivity index (χ0) is 14.6. The average Bonchev–Trinajstić information content (AvgIpc) is 2.40. The van der Waals surface area contributed by atoms with Gasteiger partial charge in [-0.3, -0.25) is 0 Å². The van der Waals surface area contributed by atoms with Gasteiger partial charge in [0.15, 0.2) is 11.6 Å². The van der Waals surface area contributed by atoms with Gasteiger partial charge in [-0.2, -0.15) is 0 Å². The molecular weight excluding hydrogens is 245 g/mol. The van der Waals surface area contributed by atoms with Crippen LogP contribution in [0.1, 0.15) is 38.4 Å².